The van der Waals surface area contributed by atoms with Crippen LogP contribution in [0.5, 0.6) is 0 Å². The maximum Gasteiger partial charge on any atom is 0.226 e. The van der Waals surface area contributed by atoms with E-state index in [9.17, 15) is 4.79 Å². The predicted octanol–water partition coefficient (Wildman–Crippen LogP) is 4.35. The first kappa shape index (κ1) is 14.4. The molecule has 3 heterocycles. The summed E-state index contributed by atoms with van der Waals surface area (Å²) < 4.78 is 0. The highest BCUT2D eigenvalue weighted by molar-refractivity contribution is 7.20. The molecule has 0 aliphatic rings. The third-order valence-electron chi connectivity index (χ3n) is 2.97. The summed E-state index contributed by atoms with van der Waals surface area (Å²) in [7, 11) is 0. The van der Waals surface area contributed by atoms with Gasteiger partial charge >= 0.3 is 0 Å². The molecule has 3 aromatic rings. The SMILES string of the molecule is CC(NC(=O)Cc1csc(-c2cccs2)n1)c1cccs1. The van der Waals surface area contributed by atoms with E-state index in [2.05, 4.69) is 10.3 Å². The van der Waals surface area contributed by atoms with Crippen LogP contribution in [-0.2, 0) is 11.2 Å². The number of rotatable bonds is 5. The normalized spacial score (nSPS) is 12.2. The number of thiophene rings is 2. The topological polar surface area (TPSA) is 42.0 Å². The van der Waals surface area contributed by atoms with Crippen molar-refractivity contribution in [1.29, 1.82) is 0 Å². The zero-order valence-corrected chi connectivity index (χ0v) is 13.9. The molecular weight excluding hydrogens is 320 g/mol. The fourth-order valence-electron chi connectivity index (χ4n) is 1.97. The Hall–Kier alpha value is -1.50. The summed E-state index contributed by atoms with van der Waals surface area (Å²) >= 11 is 4.91. The molecule has 3 rings (SSSR count). The lowest BCUT2D eigenvalue weighted by molar-refractivity contribution is -0.121. The van der Waals surface area contributed by atoms with Crippen molar-refractivity contribution in [3.05, 3.63) is 51.0 Å². The van der Waals surface area contributed by atoms with Gasteiger partial charge in [0.15, 0.2) is 0 Å². The molecule has 0 saturated heterocycles. The minimum Gasteiger partial charge on any atom is -0.348 e. The second-order valence-electron chi connectivity index (χ2n) is 4.60. The average molecular weight is 334 g/mol. The number of carbonyl (C=O) groups excluding carboxylic acids is 1. The Morgan fingerprint density at radius 3 is 2.76 bits per heavy atom. The molecule has 0 aromatic carbocycles. The summed E-state index contributed by atoms with van der Waals surface area (Å²) in [6.07, 6.45) is 0.331. The number of nitrogens with one attached hydrogen (secondary N) is 1. The van der Waals surface area contributed by atoms with Crippen molar-refractivity contribution in [3.8, 4) is 9.88 Å². The summed E-state index contributed by atoms with van der Waals surface area (Å²) in [5.41, 5.74) is 0.833. The van der Waals surface area contributed by atoms with Crippen LogP contribution >= 0.6 is 34.0 Å². The van der Waals surface area contributed by atoms with Gasteiger partial charge in [-0.15, -0.1) is 34.0 Å². The van der Waals surface area contributed by atoms with Crippen LogP contribution in [0, 0.1) is 0 Å². The predicted molar refractivity (Wildman–Crippen MR) is 90.0 cm³/mol. The molecule has 21 heavy (non-hydrogen) atoms. The maximum absolute atomic E-state index is 12.1. The van der Waals surface area contributed by atoms with E-state index in [0.717, 1.165) is 15.6 Å². The molecule has 1 amide bonds. The monoisotopic (exact) mass is 334 g/mol. The highest BCUT2D eigenvalue weighted by atomic mass is 32.1. The van der Waals surface area contributed by atoms with E-state index in [-0.39, 0.29) is 11.9 Å². The molecule has 0 spiro atoms. The Morgan fingerprint density at radius 1 is 1.24 bits per heavy atom. The molecule has 1 atom stereocenters. The van der Waals surface area contributed by atoms with Crippen LogP contribution in [-0.4, -0.2) is 10.9 Å². The van der Waals surface area contributed by atoms with Crippen molar-refractivity contribution in [1.82, 2.24) is 10.3 Å². The van der Waals surface area contributed by atoms with Gasteiger partial charge in [0, 0.05) is 10.3 Å². The molecule has 0 bridgehead atoms. The fourth-order valence-corrected chi connectivity index (χ4v) is 4.34. The van der Waals surface area contributed by atoms with Gasteiger partial charge in [0.1, 0.15) is 5.01 Å². The molecule has 0 fully saturated rings. The minimum atomic E-state index is 0.0129. The van der Waals surface area contributed by atoms with E-state index in [1.165, 1.54) is 4.88 Å². The molecule has 1 N–H and O–H groups in total. The largest absolute Gasteiger partial charge is 0.348 e. The van der Waals surface area contributed by atoms with Crippen molar-refractivity contribution in [3.63, 3.8) is 0 Å². The molecular formula is C15H14N2OS3. The second kappa shape index (κ2) is 6.51. The summed E-state index contributed by atoms with van der Waals surface area (Å²) in [5.74, 6) is 0.0129. The van der Waals surface area contributed by atoms with E-state index in [0.29, 0.717) is 6.42 Å². The van der Waals surface area contributed by atoms with Gasteiger partial charge < -0.3 is 5.32 Å². The van der Waals surface area contributed by atoms with Crippen LogP contribution in [0.15, 0.2) is 40.4 Å². The Morgan fingerprint density at radius 2 is 2.05 bits per heavy atom. The van der Waals surface area contributed by atoms with Crippen LogP contribution in [0.4, 0.5) is 0 Å². The highest BCUT2D eigenvalue weighted by Gasteiger charge is 2.13. The third kappa shape index (κ3) is 3.58. The zero-order chi connectivity index (χ0) is 14.7. The van der Waals surface area contributed by atoms with Crippen molar-refractivity contribution in [2.24, 2.45) is 0 Å². The summed E-state index contributed by atoms with van der Waals surface area (Å²) in [6.45, 7) is 2.00. The minimum absolute atomic E-state index is 0.0129. The Bertz CT molecular complexity index is 701. The average Bonchev–Trinajstić information content (AvgIpc) is 3.21. The van der Waals surface area contributed by atoms with Gasteiger partial charge in [-0.3, -0.25) is 4.79 Å². The van der Waals surface area contributed by atoms with Crippen LogP contribution < -0.4 is 5.32 Å². The molecule has 0 radical (unpaired) electrons. The Kier molecular flexibility index (Phi) is 4.48. The number of hydrogen-bond donors (Lipinski definition) is 1. The molecule has 0 saturated carbocycles. The standard InChI is InChI=1S/C15H14N2OS3/c1-10(12-4-2-6-19-12)16-14(18)8-11-9-21-15(17-11)13-5-3-7-20-13/h2-7,9-10H,8H2,1H3,(H,16,18). The van der Waals surface area contributed by atoms with E-state index >= 15 is 0 Å². The van der Waals surface area contributed by atoms with E-state index in [4.69, 9.17) is 0 Å². The van der Waals surface area contributed by atoms with Gasteiger partial charge in [-0.1, -0.05) is 12.1 Å². The van der Waals surface area contributed by atoms with Crippen molar-refractivity contribution in [2.75, 3.05) is 0 Å². The smallest absolute Gasteiger partial charge is 0.226 e. The lowest BCUT2D eigenvalue weighted by atomic mass is 10.2. The Labute approximate surface area is 135 Å². The van der Waals surface area contributed by atoms with Crippen LogP contribution in [0.2, 0.25) is 0 Å². The van der Waals surface area contributed by atoms with Gasteiger partial charge in [-0.05, 0) is 29.8 Å². The lowest BCUT2D eigenvalue weighted by Crippen LogP contribution is -2.27. The van der Waals surface area contributed by atoms with Crippen molar-refractivity contribution in [2.45, 2.75) is 19.4 Å². The summed E-state index contributed by atoms with van der Waals surface area (Å²) in [5, 5.41) is 10.0. The number of aromatic nitrogens is 1. The van der Waals surface area contributed by atoms with Gasteiger partial charge in [-0.2, -0.15) is 0 Å². The maximum atomic E-state index is 12.1. The molecule has 6 heteroatoms. The fraction of sp³-hybridized carbons (Fsp3) is 0.200. The first-order valence-corrected chi connectivity index (χ1v) is 9.17. The van der Waals surface area contributed by atoms with Crippen LogP contribution in [0.1, 0.15) is 23.5 Å². The molecule has 3 nitrogen and oxygen atoms in total. The van der Waals surface area contributed by atoms with Crippen molar-refractivity contribution >= 4 is 39.9 Å². The number of hydrogen-bond acceptors (Lipinski definition) is 5. The van der Waals surface area contributed by atoms with E-state index < -0.39 is 0 Å². The highest BCUT2D eigenvalue weighted by Crippen LogP contribution is 2.28. The van der Waals surface area contributed by atoms with Gasteiger partial charge in [0.2, 0.25) is 5.91 Å². The molecule has 0 aliphatic carbocycles. The summed E-state index contributed by atoms with van der Waals surface area (Å²) in [4.78, 5) is 18.9. The molecule has 3 aromatic heterocycles. The third-order valence-corrected chi connectivity index (χ3v) is 5.96. The van der Waals surface area contributed by atoms with Gasteiger partial charge in [0.25, 0.3) is 0 Å². The number of nitrogens with zero attached hydrogens (tertiary/aromatic N) is 1. The first-order chi connectivity index (χ1) is 10.2. The van der Waals surface area contributed by atoms with Crippen LogP contribution in [0.25, 0.3) is 9.88 Å². The lowest BCUT2D eigenvalue weighted by Gasteiger charge is -2.11. The van der Waals surface area contributed by atoms with Crippen LogP contribution in [0.3, 0.4) is 0 Å². The molecule has 108 valence electrons. The van der Waals surface area contributed by atoms with E-state index in [1.807, 2.05) is 47.3 Å². The molecule has 0 aliphatic heterocycles. The summed E-state index contributed by atoms with van der Waals surface area (Å²) in [6, 6.07) is 8.14. The zero-order valence-electron chi connectivity index (χ0n) is 11.4. The van der Waals surface area contributed by atoms with E-state index in [1.54, 1.807) is 34.0 Å². The number of thiazole rings is 1. The Balaban J connectivity index is 1.60. The van der Waals surface area contributed by atoms with Gasteiger partial charge in [-0.25, -0.2) is 4.98 Å². The molecule has 1 unspecified atom stereocenters. The number of amides is 1. The first-order valence-electron chi connectivity index (χ1n) is 6.53. The van der Waals surface area contributed by atoms with Gasteiger partial charge in [0.05, 0.1) is 23.0 Å². The van der Waals surface area contributed by atoms with Crippen molar-refractivity contribution < 1.29 is 4.79 Å². The number of carbonyl (C=O) groups is 1. The second-order valence-corrected chi connectivity index (χ2v) is 7.39. The quantitative estimate of drug-likeness (QED) is 0.753.